The van der Waals surface area contributed by atoms with E-state index in [9.17, 15) is 39.6 Å². The topological polar surface area (TPSA) is 356 Å². The Balaban J connectivity index is 0.000000157. The number of carbonyl (C=O) groups is 4. The number of nitrogens with zero attached hydrogens (tertiary/aromatic N) is 10. The van der Waals surface area contributed by atoms with Gasteiger partial charge in [0, 0.05) is 73.7 Å². The van der Waals surface area contributed by atoms with Crippen LogP contribution in [-0.2, 0) is 19.1 Å². The number of terminal acetylenes is 1. The zero-order chi connectivity index (χ0) is 60.1. The summed E-state index contributed by atoms with van der Waals surface area (Å²) in [6.07, 6.45) is 6.08. The van der Waals surface area contributed by atoms with Crippen molar-refractivity contribution in [2.45, 2.75) is 139 Å². The van der Waals surface area contributed by atoms with Gasteiger partial charge in [-0.25, -0.2) is 39.5 Å². The molecule has 8 heterocycles. The van der Waals surface area contributed by atoms with Crippen molar-refractivity contribution in [2.24, 2.45) is 11.8 Å². The van der Waals surface area contributed by atoms with Crippen molar-refractivity contribution in [3.8, 4) is 35.7 Å². The number of anilines is 2. The molecular weight excluding hydrogens is 1210 g/mol. The largest absolute Gasteiger partial charge is 0.415 e. The Hall–Kier alpha value is -7.77. The van der Waals surface area contributed by atoms with Crippen molar-refractivity contribution < 1.29 is 58.6 Å². The van der Waals surface area contributed by atoms with Crippen molar-refractivity contribution in [3.63, 3.8) is 0 Å². The molecule has 27 heteroatoms. The van der Waals surface area contributed by atoms with E-state index in [1.807, 2.05) is 72.8 Å². The maximum absolute atomic E-state index is 12.5. The van der Waals surface area contributed by atoms with E-state index in [1.54, 1.807) is 21.9 Å². The van der Waals surface area contributed by atoms with Crippen LogP contribution in [0.3, 0.4) is 0 Å². The summed E-state index contributed by atoms with van der Waals surface area (Å²) in [5.41, 5.74) is 15.5. The van der Waals surface area contributed by atoms with E-state index in [0.717, 1.165) is 82.0 Å². The number of rotatable bonds is 10. The first kappa shape index (κ1) is 60.4. The van der Waals surface area contributed by atoms with Crippen molar-refractivity contribution in [3.05, 3.63) is 82.0 Å². The summed E-state index contributed by atoms with van der Waals surface area (Å²) >= 11 is 1.91. The minimum Gasteiger partial charge on any atom is -0.410 e. The van der Waals surface area contributed by atoms with Crippen LogP contribution in [0.1, 0.15) is 93.6 Å². The third-order valence-electron chi connectivity index (χ3n) is 15.5. The van der Waals surface area contributed by atoms with Crippen LogP contribution in [0.15, 0.2) is 61.2 Å². The average Bonchev–Trinajstić information content (AvgIpc) is 2.26. The SMILES string of the molecule is C#CCC1CCN(C(=O)Oc2ccc(C)cc2)CC1.Cc1ccc(OC(=O)N2CCC(CC#Cc3nc(N)c4ncn([C@@H]5O[C@H](C(=O)NC6CC6)C(O)[C@@H]5O)c4n3)CC2)cc1.Nc1nc(I)nc2c1ncn2[C@@H]1O[C@H](C(=O)NC2CC2)C(O)[C@@H]1O. The maximum Gasteiger partial charge on any atom is 0.415 e. The Morgan fingerprint density at radius 2 is 1.05 bits per heavy atom. The van der Waals surface area contributed by atoms with Crippen LogP contribution in [0.2, 0.25) is 0 Å². The standard InChI is InChI=1S/C29H33N7O6.C16H19NO2.C13H15IN6O4/c1-16-5-9-19(10-6-16)41-29(40)35-13-11-17(12-14-35)3-2-4-20-33-25(30)21-26(34-20)36(15-31-21)28-23(38)22(37)24(42-28)27(39)32-18-7-8-18;1-3-4-14-9-11-17(12-10-14)16(18)19-15-7-5-13(2)6-8-15;14-13-18-9(15)5-10(19-13)20(3-16-5)12-7(22)6(21)8(24-12)11(23)17-4-1-2-4/h5-6,9-10,15,17-18,22-24,28,37-38H,3,7-8,11-14H2,1H3,(H,32,39)(H2,30,33,34);1,5-8,14H,4,9-12H2,2H3;3-4,6-8,12,21-22H,1-2H2,(H,17,23)(H2,15,18,19)/t22?,23-,24-,28+;;6?,7-,8-,12+/m0.0/s1. The minimum absolute atomic E-state index is 0.0837. The number of hydrogen-bond acceptors (Lipinski definition) is 20. The average molecular weight is 1280 g/mol. The number of imidazole rings is 2. The second-order valence-electron chi connectivity index (χ2n) is 22.0. The highest BCUT2D eigenvalue weighted by atomic mass is 127. The molecule has 6 fully saturated rings. The van der Waals surface area contributed by atoms with E-state index in [1.165, 1.54) is 21.8 Å². The molecule has 85 heavy (non-hydrogen) atoms. The number of amides is 4. The molecule has 4 aromatic heterocycles. The van der Waals surface area contributed by atoms with E-state index in [-0.39, 0.29) is 47.4 Å². The molecule has 8 atom stereocenters. The van der Waals surface area contributed by atoms with E-state index in [4.69, 9.17) is 36.8 Å². The number of fused-ring (bicyclic) bond motifs is 2. The minimum atomic E-state index is -1.42. The molecule has 4 amide bonds. The van der Waals surface area contributed by atoms with E-state index in [2.05, 4.69) is 58.3 Å². The molecule has 2 unspecified atom stereocenters. The molecule has 2 saturated carbocycles. The van der Waals surface area contributed by atoms with Crippen molar-refractivity contribution in [1.82, 2.24) is 59.5 Å². The summed E-state index contributed by atoms with van der Waals surface area (Å²) in [4.78, 5) is 78.0. The lowest BCUT2D eigenvalue weighted by molar-refractivity contribution is -0.138. The van der Waals surface area contributed by atoms with Gasteiger partial charge in [0.1, 0.15) is 46.9 Å². The third-order valence-corrected chi connectivity index (χ3v) is 15.9. The number of halogens is 1. The summed E-state index contributed by atoms with van der Waals surface area (Å²) in [6, 6.07) is 15.1. The number of piperidine rings is 2. The predicted octanol–water partition coefficient (Wildman–Crippen LogP) is 3.41. The molecule has 448 valence electrons. The highest BCUT2D eigenvalue weighted by molar-refractivity contribution is 14.1. The summed E-state index contributed by atoms with van der Waals surface area (Å²) in [6.45, 7) is 6.61. The predicted molar refractivity (Wildman–Crippen MR) is 314 cm³/mol. The molecule has 26 nitrogen and oxygen atoms in total. The molecule has 4 aliphatic heterocycles. The molecule has 2 aromatic carbocycles. The first-order chi connectivity index (χ1) is 40.9. The number of nitrogen functional groups attached to an aromatic ring is 2. The highest BCUT2D eigenvalue weighted by Gasteiger charge is 2.50. The molecule has 12 rings (SSSR count). The number of ether oxygens (including phenoxy) is 4. The molecule has 10 N–H and O–H groups in total. The van der Waals surface area contributed by atoms with Gasteiger partial charge in [-0.3, -0.25) is 18.7 Å². The number of aliphatic hydroxyl groups excluding tert-OH is 4. The Kier molecular flexibility index (Phi) is 18.9. The van der Waals surface area contributed by atoms with Crippen LogP contribution in [0.25, 0.3) is 22.3 Å². The van der Waals surface area contributed by atoms with Gasteiger partial charge in [0.2, 0.25) is 5.82 Å². The number of carbonyl (C=O) groups excluding carboxylic acids is 4. The van der Waals surface area contributed by atoms with Gasteiger partial charge in [-0.2, -0.15) is 0 Å². The van der Waals surface area contributed by atoms with Gasteiger partial charge >= 0.3 is 12.2 Å². The molecule has 6 aliphatic rings. The molecular formula is C58H67IN14O12. The van der Waals surface area contributed by atoms with E-state index < -0.39 is 60.9 Å². The van der Waals surface area contributed by atoms with Gasteiger partial charge < -0.3 is 71.3 Å². The summed E-state index contributed by atoms with van der Waals surface area (Å²) in [5, 5.41) is 47.2. The smallest absolute Gasteiger partial charge is 0.410 e. The Labute approximate surface area is 502 Å². The lowest BCUT2D eigenvalue weighted by Crippen LogP contribution is -2.43. The summed E-state index contributed by atoms with van der Waals surface area (Å²) in [5.74, 6) is 10.4. The van der Waals surface area contributed by atoms with Gasteiger partial charge in [-0.05, 0) is 107 Å². The monoisotopic (exact) mass is 1280 g/mol. The first-order valence-corrected chi connectivity index (χ1v) is 29.3. The van der Waals surface area contributed by atoms with Gasteiger partial charge in [0.25, 0.3) is 11.8 Å². The van der Waals surface area contributed by atoms with Crippen LogP contribution in [0.5, 0.6) is 11.5 Å². The fourth-order valence-electron chi connectivity index (χ4n) is 10.1. The number of nitrogens with two attached hydrogens (primary N) is 2. The Bertz CT molecular complexity index is 3490. The second kappa shape index (κ2) is 26.7. The molecule has 0 spiro atoms. The molecule has 4 saturated heterocycles. The maximum atomic E-state index is 12.5. The van der Waals surface area contributed by atoms with Crippen LogP contribution in [-0.4, -0.2) is 168 Å². The van der Waals surface area contributed by atoms with Gasteiger partial charge in [0.05, 0.1) is 12.7 Å². The zero-order valence-electron chi connectivity index (χ0n) is 46.7. The number of likely N-dealkylation sites (tertiary alicyclic amines) is 2. The zero-order valence-corrected chi connectivity index (χ0v) is 48.9. The summed E-state index contributed by atoms with van der Waals surface area (Å²) in [7, 11) is 0. The number of nitrogens with one attached hydrogen (secondary N) is 2. The number of hydrogen-bond donors (Lipinski definition) is 8. The normalized spacial score (nSPS) is 24.0. The van der Waals surface area contributed by atoms with Crippen LogP contribution >= 0.6 is 22.6 Å². The highest BCUT2D eigenvalue weighted by Crippen LogP contribution is 2.35. The third kappa shape index (κ3) is 14.7. The van der Waals surface area contributed by atoms with Crippen LogP contribution in [0.4, 0.5) is 21.2 Å². The number of benzene rings is 2. The van der Waals surface area contributed by atoms with Gasteiger partial charge in [0.15, 0.2) is 51.4 Å². The quantitative estimate of drug-likeness (QED) is 0.0553. The number of aliphatic hydroxyl groups is 4. The number of aromatic nitrogens is 8. The Morgan fingerprint density at radius 1 is 0.624 bits per heavy atom. The second-order valence-corrected chi connectivity index (χ2v) is 23.0. The van der Waals surface area contributed by atoms with Crippen molar-refractivity contribution in [1.29, 1.82) is 0 Å². The first-order valence-electron chi connectivity index (χ1n) is 28.2. The van der Waals surface area contributed by atoms with Crippen LogP contribution in [0, 0.1) is 53.7 Å². The van der Waals surface area contributed by atoms with E-state index >= 15 is 0 Å². The fourth-order valence-corrected chi connectivity index (χ4v) is 10.6. The fraction of sp³-hybridized carbons (Fsp3) is 0.483. The van der Waals surface area contributed by atoms with E-state index in [0.29, 0.717) is 63.4 Å². The molecule has 0 bridgehead atoms. The van der Waals surface area contributed by atoms with Gasteiger partial charge in [-0.1, -0.05) is 41.3 Å². The van der Waals surface area contributed by atoms with Crippen molar-refractivity contribution in [2.75, 3.05) is 37.6 Å². The lowest BCUT2D eigenvalue weighted by atomic mass is 9.94. The summed E-state index contributed by atoms with van der Waals surface area (Å²) < 4.78 is 25.5. The Morgan fingerprint density at radius 3 is 1.48 bits per heavy atom. The molecule has 2 aliphatic carbocycles. The van der Waals surface area contributed by atoms with Crippen LogP contribution < -0.4 is 31.6 Å². The number of aryl methyl sites for hydroxylation is 2. The van der Waals surface area contributed by atoms with Crippen molar-refractivity contribution >= 4 is 80.6 Å². The molecule has 0 radical (unpaired) electrons. The molecule has 6 aromatic rings. The lowest BCUT2D eigenvalue weighted by Gasteiger charge is -2.30. The van der Waals surface area contributed by atoms with Gasteiger partial charge in [-0.15, -0.1) is 12.3 Å².